The summed E-state index contributed by atoms with van der Waals surface area (Å²) in [5.41, 5.74) is 4.26. The summed E-state index contributed by atoms with van der Waals surface area (Å²) in [6.07, 6.45) is 3.30. The zero-order valence-corrected chi connectivity index (χ0v) is 15.1. The average Bonchev–Trinajstić information content (AvgIpc) is 3.34. The third-order valence-corrected chi connectivity index (χ3v) is 5.10. The van der Waals surface area contributed by atoms with Crippen molar-refractivity contribution < 1.29 is 8.81 Å². The van der Waals surface area contributed by atoms with Crippen LogP contribution < -0.4 is 0 Å². The second kappa shape index (κ2) is 5.97. The lowest BCUT2D eigenvalue weighted by Crippen LogP contribution is -1.98. The van der Waals surface area contributed by atoms with E-state index < -0.39 is 0 Å². The first kappa shape index (κ1) is 15.9. The van der Waals surface area contributed by atoms with Gasteiger partial charge in [-0.3, -0.25) is 4.57 Å². The van der Waals surface area contributed by atoms with Crippen LogP contribution in [0.1, 0.15) is 0 Å². The van der Waals surface area contributed by atoms with Crippen molar-refractivity contribution in [3.05, 3.63) is 84.9 Å². The molecule has 0 spiro atoms. The van der Waals surface area contributed by atoms with Crippen molar-refractivity contribution in [1.29, 1.82) is 0 Å². The molecule has 0 saturated carbocycles. The molecule has 0 unspecified atom stereocenters. The van der Waals surface area contributed by atoms with E-state index >= 15 is 0 Å². The summed E-state index contributed by atoms with van der Waals surface area (Å²) >= 11 is 0. The van der Waals surface area contributed by atoms with Gasteiger partial charge in [0.2, 0.25) is 0 Å². The minimum atomic E-state index is -0.320. The van der Waals surface area contributed by atoms with Crippen molar-refractivity contribution in [3.8, 4) is 17.1 Å². The van der Waals surface area contributed by atoms with Crippen LogP contribution in [-0.2, 0) is 0 Å². The van der Waals surface area contributed by atoms with Crippen molar-refractivity contribution in [3.63, 3.8) is 0 Å². The summed E-state index contributed by atoms with van der Waals surface area (Å²) in [7, 11) is 0. The van der Waals surface area contributed by atoms with Crippen molar-refractivity contribution in [2.75, 3.05) is 0 Å². The number of fused-ring (bicyclic) bond motifs is 4. The quantitative estimate of drug-likeness (QED) is 0.397. The number of furan rings is 1. The number of para-hydroxylation sites is 2. The summed E-state index contributed by atoms with van der Waals surface area (Å²) in [5.74, 6) is 0.324. The largest absolute Gasteiger partial charge is 0.455 e. The van der Waals surface area contributed by atoms with Crippen molar-refractivity contribution in [1.82, 2.24) is 19.7 Å². The first-order valence-corrected chi connectivity index (χ1v) is 9.16. The summed E-state index contributed by atoms with van der Waals surface area (Å²) < 4.78 is 22.8. The van der Waals surface area contributed by atoms with E-state index in [0.717, 1.165) is 16.6 Å². The molecule has 3 heterocycles. The third-order valence-electron chi connectivity index (χ3n) is 5.10. The fourth-order valence-corrected chi connectivity index (χ4v) is 3.83. The number of benzene rings is 3. The van der Waals surface area contributed by atoms with Gasteiger partial charge in [0.05, 0.1) is 28.9 Å². The Labute approximate surface area is 164 Å². The van der Waals surface area contributed by atoms with Gasteiger partial charge in [-0.25, -0.2) is 9.37 Å². The molecule has 0 N–H and O–H groups in total. The van der Waals surface area contributed by atoms with Gasteiger partial charge < -0.3 is 4.42 Å². The number of nitrogens with zero attached hydrogens (tertiary/aromatic N) is 4. The molecule has 3 aromatic carbocycles. The van der Waals surface area contributed by atoms with Crippen LogP contribution in [0.25, 0.3) is 50.0 Å². The molecule has 29 heavy (non-hydrogen) atoms. The maximum absolute atomic E-state index is 14.8. The normalized spacial score (nSPS) is 11.6. The van der Waals surface area contributed by atoms with E-state index in [1.54, 1.807) is 18.5 Å². The second-order valence-corrected chi connectivity index (χ2v) is 6.76. The van der Waals surface area contributed by atoms with Crippen LogP contribution in [0.2, 0.25) is 0 Å². The van der Waals surface area contributed by atoms with Gasteiger partial charge in [-0.2, -0.15) is 10.2 Å². The predicted octanol–water partition coefficient (Wildman–Crippen LogP) is 5.52. The van der Waals surface area contributed by atoms with Crippen molar-refractivity contribution in [2.45, 2.75) is 0 Å². The van der Waals surface area contributed by atoms with Gasteiger partial charge in [-0.1, -0.05) is 36.4 Å². The lowest BCUT2D eigenvalue weighted by atomic mass is 10.1. The maximum Gasteiger partial charge on any atom is 0.149 e. The van der Waals surface area contributed by atoms with E-state index in [1.165, 1.54) is 6.07 Å². The molecule has 0 bridgehead atoms. The molecule has 0 amide bonds. The van der Waals surface area contributed by atoms with Gasteiger partial charge in [-0.05, 0) is 30.3 Å². The number of rotatable bonds is 2. The highest BCUT2D eigenvalue weighted by molar-refractivity contribution is 6.09. The summed E-state index contributed by atoms with van der Waals surface area (Å²) in [6.45, 7) is 0. The molecule has 6 heteroatoms. The number of aromatic nitrogens is 4. The Morgan fingerprint density at radius 1 is 0.828 bits per heavy atom. The van der Waals surface area contributed by atoms with Crippen LogP contribution in [0, 0.1) is 5.82 Å². The molecule has 5 nitrogen and oxygen atoms in total. The first-order valence-electron chi connectivity index (χ1n) is 9.16. The zero-order chi connectivity index (χ0) is 19.4. The Hall–Kier alpha value is -4.06. The van der Waals surface area contributed by atoms with Gasteiger partial charge in [0.15, 0.2) is 0 Å². The predicted molar refractivity (Wildman–Crippen MR) is 109 cm³/mol. The number of halogens is 1. The Morgan fingerprint density at radius 3 is 2.52 bits per heavy atom. The molecule has 0 aliphatic rings. The molecule has 6 rings (SSSR count). The van der Waals surface area contributed by atoms with Gasteiger partial charge in [0.25, 0.3) is 0 Å². The van der Waals surface area contributed by atoms with E-state index in [2.05, 4.69) is 10.2 Å². The summed E-state index contributed by atoms with van der Waals surface area (Å²) in [4.78, 5) is 4.79. The molecular weight excluding hydrogens is 367 g/mol. The molecule has 3 aromatic heterocycles. The SMILES string of the molecule is Fc1ccc(-c2nc3cnncc3n2-c2ccccc2)c2oc3ccccc3c12. The number of hydrogen-bond acceptors (Lipinski definition) is 4. The zero-order valence-electron chi connectivity index (χ0n) is 15.1. The van der Waals surface area contributed by atoms with Crippen molar-refractivity contribution in [2.24, 2.45) is 0 Å². The van der Waals surface area contributed by atoms with E-state index in [9.17, 15) is 4.39 Å². The Bertz CT molecular complexity index is 1520. The maximum atomic E-state index is 14.8. The van der Waals surface area contributed by atoms with E-state index in [0.29, 0.717) is 33.5 Å². The van der Waals surface area contributed by atoms with E-state index in [1.807, 2.05) is 59.2 Å². The minimum absolute atomic E-state index is 0.320. The molecule has 0 fully saturated rings. The van der Waals surface area contributed by atoms with Crippen molar-refractivity contribution >= 4 is 33.0 Å². The molecular formula is C23H13FN4O. The smallest absolute Gasteiger partial charge is 0.149 e. The fourth-order valence-electron chi connectivity index (χ4n) is 3.83. The highest BCUT2D eigenvalue weighted by atomic mass is 19.1. The van der Waals surface area contributed by atoms with Gasteiger partial charge in [0.1, 0.15) is 28.3 Å². The lowest BCUT2D eigenvalue weighted by Gasteiger charge is -2.09. The molecule has 138 valence electrons. The fraction of sp³-hybridized carbons (Fsp3) is 0. The van der Waals surface area contributed by atoms with E-state index in [4.69, 9.17) is 9.40 Å². The highest BCUT2D eigenvalue weighted by Crippen LogP contribution is 2.38. The Balaban J connectivity index is 1.76. The topological polar surface area (TPSA) is 56.7 Å². The average molecular weight is 380 g/mol. The molecule has 0 aliphatic carbocycles. The highest BCUT2D eigenvalue weighted by Gasteiger charge is 2.21. The molecule has 6 aromatic rings. The molecule has 0 aliphatic heterocycles. The Kier molecular flexibility index (Phi) is 3.28. The standard InChI is InChI=1S/C23H13FN4O/c24-17-11-10-16(22-21(17)15-8-4-5-9-20(15)29-22)23-27-18-12-25-26-13-19(18)28(23)14-6-2-1-3-7-14/h1-13H. The molecule has 0 atom stereocenters. The van der Waals surface area contributed by atoms with E-state index in [-0.39, 0.29) is 5.82 Å². The summed E-state index contributed by atoms with van der Waals surface area (Å²) in [5, 5.41) is 9.18. The van der Waals surface area contributed by atoms with Gasteiger partial charge in [0, 0.05) is 11.1 Å². The van der Waals surface area contributed by atoms with Gasteiger partial charge in [-0.15, -0.1) is 0 Å². The van der Waals surface area contributed by atoms with Gasteiger partial charge >= 0.3 is 0 Å². The third kappa shape index (κ3) is 2.29. The minimum Gasteiger partial charge on any atom is -0.455 e. The molecule has 0 radical (unpaired) electrons. The van der Waals surface area contributed by atoms with Crippen LogP contribution >= 0.6 is 0 Å². The van der Waals surface area contributed by atoms with Crippen LogP contribution in [-0.4, -0.2) is 19.7 Å². The number of imidazole rings is 1. The Morgan fingerprint density at radius 2 is 1.62 bits per heavy atom. The van der Waals surface area contributed by atoms with Crippen LogP contribution in [0.5, 0.6) is 0 Å². The summed E-state index contributed by atoms with van der Waals surface area (Å²) in [6, 6.07) is 20.5. The number of hydrogen-bond donors (Lipinski definition) is 0. The lowest BCUT2D eigenvalue weighted by molar-refractivity contribution is 0.634. The van der Waals surface area contributed by atoms with Crippen LogP contribution in [0.15, 0.2) is 83.5 Å². The van der Waals surface area contributed by atoms with Crippen LogP contribution in [0.4, 0.5) is 4.39 Å². The second-order valence-electron chi connectivity index (χ2n) is 6.76. The monoisotopic (exact) mass is 380 g/mol. The van der Waals surface area contributed by atoms with Crippen LogP contribution in [0.3, 0.4) is 0 Å². The first-order chi connectivity index (χ1) is 14.3. The molecule has 0 saturated heterocycles.